The number of rotatable bonds is 15. The highest BCUT2D eigenvalue weighted by Gasteiger charge is 2.32. The summed E-state index contributed by atoms with van der Waals surface area (Å²) in [5.74, 6) is -4.12. The first-order valence-electron chi connectivity index (χ1n) is 10.6. The van der Waals surface area contributed by atoms with E-state index in [1.807, 2.05) is 6.26 Å². The molecule has 0 aromatic carbocycles. The number of hydrogen-bond donors (Lipinski definition) is 7. The van der Waals surface area contributed by atoms with Gasteiger partial charge in [-0.2, -0.15) is 11.8 Å². The molecule has 9 N–H and O–H groups in total. The lowest BCUT2D eigenvalue weighted by atomic mass is 10.0. The van der Waals surface area contributed by atoms with Crippen LogP contribution in [0.15, 0.2) is 12.5 Å². The summed E-state index contributed by atoms with van der Waals surface area (Å²) < 4.78 is 0. The molecule has 4 atom stereocenters. The molecule has 14 heteroatoms. The number of carboxylic acids is 1. The highest BCUT2D eigenvalue weighted by molar-refractivity contribution is 7.98. The fraction of sp³-hybridized carbons (Fsp3) is 0.600. The van der Waals surface area contributed by atoms with Crippen molar-refractivity contribution in [3.63, 3.8) is 0 Å². The number of carbonyl (C=O) groups is 5. The van der Waals surface area contributed by atoms with Gasteiger partial charge >= 0.3 is 5.97 Å². The minimum Gasteiger partial charge on any atom is -0.480 e. The number of aliphatic carboxylic acids is 1. The number of hydrogen-bond acceptors (Lipinski definition) is 8. The molecule has 1 rings (SSSR count). The summed E-state index contributed by atoms with van der Waals surface area (Å²) in [6, 6.07) is -4.66. The van der Waals surface area contributed by atoms with E-state index in [4.69, 9.17) is 11.5 Å². The number of carbonyl (C=O) groups excluding carboxylic acids is 4. The van der Waals surface area contributed by atoms with Gasteiger partial charge in [0.2, 0.25) is 23.6 Å². The molecule has 13 nitrogen and oxygen atoms in total. The van der Waals surface area contributed by atoms with E-state index >= 15 is 0 Å². The number of H-pyrrole nitrogens is 1. The Bertz CT molecular complexity index is 848. The quantitative estimate of drug-likeness (QED) is 0.143. The Morgan fingerprint density at radius 1 is 1.09 bits per heavy atom. The van der Waals surface area contributed by atoms with Crippen molar-refractivity contribution in [3.8, 4) is 0 Å². The molecule has 0 radical (unpaired) electrons. The molecule has 1 heterocycles. The number of imidazole rings is 1. The lowest BCUT2D eigenvalue weighted by Crippen LogP contribution is -2.59. The Labute approximate surface area is 201 Å². The number of thioether (sulfide) groups is 1. The third-order valence-corrected chi connectivity index (χ3v) is 5.49. The van der Waals surface area contributed by atoms with Gasteiger partial charge < -0.3 is 37.5 Å². The van der Waals surface area contributed by atoms with Crippen molar-refractivity contribution in [3.05, 3.63) is 18.2 Å². The lowest BCUT2D eigenvalue weighted by Gasteiger charge is -2.26. The maximum Gasteiger partial charge on any atom is 0.326 e. The summed E-state index contributed by atoms with van der Waals surface area (Å²) in [7, 11) is 0. The third kappa shape index (κ3) is 9.79. The number of primary amides is 1. The van der Waals surface area contributed by atoms with Crippen LogP contribution in [0.5, 0.6) is 0 Å². The van der Waals surface area contributed by atoms with Crippen LogP contribution >= 0.6 is 11.8 Å². The molecular weight excluding hydrogens is 466 g/mol. The van der Waals surface area contributed by atoms with Gasteiger partial charge in [0.15, 0.2) is 0 Å². The van der Waals surface area contributed by atoms with Crippen LogP contribution in [0.3, 0.4) is 0 Å². The Balaban J connectivity index is 2.92. The Hall–Kier alpha value is -3.13. The van der Waals surface area contributed by atoms with E-state index in [1.165, 1.54) is 24.3 Å². The highest BCUT2D eigenvalue weighted by atomic mass is 32.2. The average molecular weight is 500 g/mol. The van der Waals surface area contributed by atoms with Crippen molar-refractivity contribution < 1.29 is 29.1 Å². The number of aromatic amines is 1. The predicted molar refractivity (Wildman–Crippen MR) is 125 cm³/mol. The molecular formula is C20H33N7O6S. The molecule has 4 amide bonds. The number of amides is 4. The molecule has 0 fully saturated rings. The molecule has 1 aromatic heterocycles. The molecule has 0 aliphatic carbocycles. The number of aromatic nitrogens is 2. The van der Waals surface area contributed by atoms with Crippen LogP contribution in [-0.4, -0.2) is 80.8 Å². The number of nitrogens with two attached hydrogens (primary N) is 2. The maximum absolute atomic E-state index is 12.9. The minimum absolute atomic E-state index is 0.0475. The monoisotopic (exact) mass is 499 g/mol. The van der Waals surface area contributed by atoms with Crippen LogP contribution < -0.4 is 27.4 Å². The summed E-state index contributed by atoms with van der Waals surface area (Å²) in [6.07, 6.45) is 4.49. The van der Waals surface area contributed by atoms with Crippen LogP contribution in [0.1, 0.15) is 32.4 Å². The van der Waals surface area contributed by atoms with Gasteiger partial charge in [0.05, 0.1) is 18.8 Å². The van der Waals surface area contributed by atoms with Crippen molar-refractivity contribution in [2.24, 2.45) is 17.4 Å². The molecule has 0 aliphatic heterocycles. The zero-order valence-corrected chi connectivity index (χ0v) is 20.2. The van der Waals surface area contributed by atoms with Gasteiger partial charge in [-0.15, -0.1) is 0 Å². The van der Waals surface area contributed by atoms with Crippen molar-refractivity contribution in [2.45, 2.75) is 57.3 Å². The summed E-state index contributed by atoms with van der Waals surface area (Å²) >= 11 is 1.50. The van der Waals surface area contributed by atoms with Crippen molar-refractivity contribution in [1.29, 1.82) is 0 Å². The Morgan fingerprint density at radius 3 is 2.24 bits per heavy atom. The largest absolute Gasteiger partial charge is 0.480 e. The van der Waals surface area contributed by atoms with E-state index < -0.39 is 66.1 Å². The highest BCUT2D eigenvalue weighted by Crippen LogP contribution is 2.07. The van der Waals surface area contributed by atoms with Crippen LogP contribution in [0, 0.1) is 5.92 Å². The first kappa shape index (κ1) is 28.9. The van der Waals surface area contributed by atoms with Gasteiger partial charge in [-0.1, -0.05) is 13.8 Å². The summed E-state index contributed by atoms with van der Waals surface area (Å²) in [5.41, 5.74) is 11.5. The third-order valence-electron chi connectivity index (χ3n) is 4.85. The molecule has 0 aliphatic rings. The van der Waals surface area contributed by atoms with Crippen molar-refractivity contribution in [2.75, 3.05) is 12.0 Å². The van der Waals surface area contributed by atoms with Crippen molar-refractivity contribution in [1.82, 2.24) is 25.9 Å². The van der Waals surface area contributed by atoms with E-state index in [0.29, 0.717) is 17.9 Å². The second kappa shape index (κ2) is 14.2. The van der Waals surface area contributed by atoms with Gasteiger partial charge in [0.25, 0.3) is 0 Å². The van der Waals surface area contributed by atoms with E-state index in [9.17, 15) is 29.1 Å². The molecule has 190 valence electrons. The van der Waals surface area contributed by atoms with Gasteiger partial charge in [-0.25, -0.2) is 9.78 Å². The molecule has 0 saturated heterocycles. The maximum atomic E-state index is 12.9. The van der Waals surface area contributed by atoms with Gasteiger partial charge in [-0.3, -0.25) is 19.2 Å². The summed E-state index contributed by atoms with van der Waals surface area (Å²) in [5, 5.41) is 16.8. The van der Waals surface area contributed by atoms with E-state index in [-0.39, 0.29) is 6.42 Å². The Morgan fingerprint density at radius 2 is 1.74 bits per heavy atom. The standard InChI is InChI=1S/C20H33N7O6S/c1-10(2)16(19(31)26-14(20(32)33)6-11-8-23-9-24-11)27-18(30)13(7-15(22)28)25-17(29)12(21)4-5-34-3/h8-10,12-14,16H,4-7,21H2,1-3H3,(H2,22,28)(H,23,24)(H,25,29)(H,26,31)(H,27,30)(H,32,33). The molecule has 0 bridgehead atoms. The lowest BCUT2D eigenvalue weighted by molar-refractivity contribution is -0.142. The van der Waals surface area contributed by atoms with E-state index in [2.05, 4.69) is 25.9 Å². The van der Waals surface area contributed by atoms with Gasteiger partial charge in [0.1, 0.15) is 18.1 Å². The zero-order valence-electron chi connectivity index (χ0n) is 19.4. The number of nitrogens with zero attached hydrogens (tertiary/aromatic N) is 1. The fourth-order valence-electron chi connectivity index (χ4n) is 2.93. The van der Waals surface area contributed by atoms with Crippen molar-refractivity contribution >= 4 is 41.4 Å². The smallest absolute Gasteiger partial charge is 0.326 e. The van der Waals surface area contributed by atoms with E-state index in [0.717, 1.165) is 0 Å². The number of carboxylic acid groups (broad SMARTS) is 1. The molecule has 34 heavy (non-hydrogen) atoms. The number of nitrogens with one attached hydrogen (secondary N) is 4. The van der Waals surface area contributed by atoms with E-state index in [1.54, 1.807) is 13.8 Å². The van der Waals surface area contributed by atoms with Crippen LogP contribution in [0.25, 0.3) is 0 Å². The SMILES string of the molecule is CSCCC(N)C(=O)NC(CC(N)=O)C(=O)NC(C(=O)NC(Cc1cnc[nH]1)C(=O)O)C(C)C. The molecule has 4 unspecified atom stereocenters. The normalized spacial score (nSPS) is 14.5. The topological polar surface area (TPSA) is 222 Å². The Kier molecular flexibility index (Phi) is 12.1. The second-order valence-electron chi connectivity index (χ2n) is 8.03. The minimum atomic E-state index is -1.35. The second-order valence-corrected chi connectivity index (χ2v) is 9.02. The van der Waals surface area contributed by atoms with Crippen LogP contribution in [0.4, 0.5) is 0 Å². The van der Waals surface area contributed by atoms with Gasteiger partial charge in [0, 0.05) is 18.3 Å². The first-order valence-corrected chi connectivity index (χ1v) is 12.0. The predicted octanol–water partition coefficient (Wildman–Crippen LogP) is -1.90. The summed E-state index contributed by atoms with van der Waals surface area (Å²) in [4.78, 5) is 67.7. The molecule has 0 saturated carbocycles. The zero-order chi connectivity index (χ0) is 25.8. The molecule has 0 spiro atoms. The first-order chi connectivity index (χ1) is 16.0. The molecule has 1 aromatic rings. The van der Waals surface area contributed by atoms with Gasteiger partial charge in [-0.05, 0) is 24.3 Å². The van der Waals surface area contributed by atoms with Crippen LogP contribution in [0.2, 0.25) is 0 Å². The fourth-order valence-corrected chi connectivity index (χ4v) is 3.42. The summed E-state index contributed by atoms with van der Waals surface area (Å²) in [6.45, 7) is 3.30. The van der Waals surface area contributed by atoms with Crippen LogP contribution in [-0.2, 0) is 30.4 Å². The average Bonchev–Trinajstić information content (AvgIpc) is 3.26.